The van der Waals surface area contributed by atoms with E-state index in [1.165, 1.54) is 24.3 Å². The van der Waals surface area contributed by atoms with Gasteiger partial charge >= 0.3 is 5.97 Å². The molecule has 9 heteroatoms. The van der Waals surface area contributed by atoms with Gasteiger partial charge in [-0.3, -0.25) is 19.5 Å². The monoisotopic (exact) mass is 390 g/mol. The summed E-state index contributed by atoms with van der Waals surface area (Å²) >= 11 is 0. The van der Waals surface area contributed by atoms with Crippen molar-refractivity contribution in [2.45, 2.75) is 0 Å². The number of benzene rings is 2. The number of carboxylic acids is 1. The molecule has 0 unspecified atom stereocenters. The zero-order chi connectivity index (χ0) is 20.5. The molecule has 29 heavy (non-hydrogen) atoms. The quantitative estimate of drug-likeness (QED) is 0.422. The Morgan fingerprint density at radius 3 is 2.38 bits per heavy atom. The summed E-state index contributed by atoms with van der Waals surface area (Å²) in [4.78, 5) is 51.9. The lowest BCUT2D eigenvalue weighted by atomic mass is 10.1. The predicted molar refractivity (Wildman–Crippen MR) is 105 cm³/mol. The maximum absolute atomic E-state index is 12.8. The minimum Gasteiger partial charge on any atom is -0.478 e. The summed E-state index contributed by atoms with van der Waals surface area (Å²) in [6.07, 6.45) is 0. The smallest absolute Gasteiger partial charge is 0.337 e. The van der Waals surface area contributed by atoms with Crippen molar-refractivity contribution in [3.63, 3.8) is 0 Å². The Morgan fingerprint density at radius 2 is 1.66 bits per heavy atom. The van der Waals surface area contributed by atoms with Crippen LogP contribution in [0.5, 0.6) is 0 Å². The summed E-state index contributed by atoms with van der Waals surface area (Å²) in [5.41, 5.74) is -0.636. The van der Waals surface area contributed by atoms with Gasteiger partial charge in [-0.25, -0.2) is 4.79 Å². The topological polar surface area (TPSA) is 137 Å². The average molecular weight is 390 g/mol. The van der Waals surface area contributed by atoms with Gasteiger partial charge in [-0.1, -0.05) is 42.5 Å². The lowest BCUT2D eigenvalue weighted by Crippen LogP contribution is -2.21. The van der Waals surface area contributed by atoms with E-state index >= 15 is 0 Å². The van der Waals surface area contributed by atoms with Gasteiger partial charge < -0.3 is 15.4 Å². The molecule has 0 spiro atoms. The van der Waals surface area contributed by atoms with Gasteiger partial charge in [-0.2, -0.15) is 4.52 Å². The highest BCUT2D eigenvalue weighted by molar-refractivity contribution is 6.10. The number of H-pyrrole nitrogens is 2. The SMILES string of the molecule is O=C(O)c1ccccc1NC(=O)c1c(=O)[nH]n2c(=O)cc(-c3ccccc3)[nH]c12. The highest BCUT2D eigenvalue weighted by atomic mass is 16.4. The summed E-state index contributed by atoms with van der Waals surface area (Å²) in [7, 11) is 0. The molecule has 0 radical (unpaired) electrons. The molecule has 4 N–H and O–H groups in total. The second-order valence-corrected chi connectivity index (χ2v) is 6.19. The first kappa shape index (κ1) is 18.0. The van der Waals surface area contributed by atoms with Crippen LogP contribution in [-0.2, 0) is 0 Å². The molecule has 4 rings (SSSR count). The van der Waals surface area contributed by atoms with Crippen molar-refractivity contribution in [2.24, 2.45) is 0 Å². The highest BCUT2D eigenvalue weighted by Gasteiger charge is 2.21. The van der Waals surface area contributed by atoms with Crippen LogP contribution in [0.3, 0.4) is 0 Å². The first-order valence-electron chi connectivity index (χ1n) is 8.53. The number of carbonyl (C=O) groups excluding carboxylic acids is 1. The molecule has 0 saturated heterocycles. The number of amides is 1. The molecule has 0 aliphatic heterocycles. The Bertz CT molecular complexity index is 1370. The van der Waals surface area contributed by atoms with E-state index in [4.69, 9.17) is 0 Å². The Hall–Kier alpha value is -4.40. The number of para-hydroxylation sites is 1. The molecule has 0 fully saturated rings. The molecule has 0 atom stereocenters. The number of hydrogen-bond acceptors (Lipinski definition) is 4. The number of anilines is 1. The average Bonchev–Trinajstić information content (AvgIpc) is 3.05. The van der Waals surface area contributed by atoms with Crippen molar-refractivity contribution in [1.29, 1.82) is 0 Å². The van der Waals surface area contributed by atoms with E-state index in [1.807, 2.05) is 6.07 Å². The standard InChI is InChI=1S/C20H14N4O5/c25-15-10-14(11-6-2-1-3-7-11)21-17-16(19(27)23-24(15)17)18(26)22-13-9-5-4-8-12(13)20(28)29/h1-10,21H,(H,22,26)(H,23,27)(H,28,29). The van der Waals surface area contributed by atoms with Crippen LogP contribution in [0.25, 0.3) is 16.9 Å². The fourth-order valence-corrected chi connectivity index (χ4v) is 3.02. The third kappa shape index (κ3) is 3.21. The van der Waals surface area contributed by atoms with Gasteiger partial charge in [-0.05, 0) is 17.7 Å². The van der Waals surface area contributed by atoms with Crippen LogP contribution in [0.2, 0.25) is 0 Å². The molecule has 4 aromatic rings. The van der Waals surface area contributed by atoms with Gasteiger partial charge in [0.1, 0.15) is 5.56 Å². The van der Waals surface area contributed by atoms with E-state index in [-0.39, 0.29) is 22.5 Å². The van der Waals surface area contributed by atoms with E-state index in [0.717, 1.165) is 4.52 Å². The van der Waals surface area contributed by atoms with Crippen LogP contribution in [-0.4, -0.2) is 31.6 Å². The third-order valence-electron chi connectivity index (χ3n) is 4.36. The first-order chi connectivity index (χ1) is 14.0. The van der Waals surface area contributed by atoms with Crippen molar-refractivity contribution < 1.29 is 14.7 Å². The van der Waals surface area contributed by atoms with E-state index in [2.05, 4.69) is 15.4 Å². The van der Waals surface area contributed by atoms with Crippen molar-refractivity contribution in [3.8, 4) is 11.3 Å². The highest BCUT2D eigenvalue weighted by Crippen LogP contribution is 2.18. The normalized spacial score (nSPS) is 10.8. The largest absolute Gasteiger partial charge is 0.478 e. The Kier molecular flexibility index (Phi) is 4.32. The lowest BCUT2D eigenvalue weighted by Gasteiger charge is -2.08. The van der Waals surface area contributed by atoms with E-state index < -0.39 is 23.0 Å². The number of rotatable bonds is 4. The molecule has 144 valence electrons. The molecular weight excluding hydrogens is 376 g/mol. The van der Waals surface area contributed by atoms with E-state index in [1.54, 1.807) is 30.3 Å². The Morgan fingerprint density at radius 1 is 0.966 bits per heavy atom. The van der Waals surface area contributed by atoms with Crippen LogP contribution < -0.4 is 16.4 Å². The fraction of sp³-hybridized carbons (Fsp3) is 0. The number of aromatic nitrogens is 3. The van der Waals surface area contributed by atoms with Crippen molar-refractivity contribution >= 4 is 23.2 Å². The number of carboxylic acid groups (broad SMARTS) is 1. The maximum Gasteiger partial charge on any atom is 0.337 e. The zero-order valence-corrected chi connectivity index (χ0v) is 14.8. The number of carbonyl (C=O) groups is 2. The van der Waals surface area contributed by atoms with Gasteiger partial charge in [0.05, 0.1) is 16.9 Å². The second kappa shape index (κ2) is 6.97. The Labute approximate surface area is 162 Å². The Balaban J connectivity index is 1.84. The number of fused-ring (bicyclic) bond motifs is 1. The zero-order valence-electron chi connectivity index (χ0n) is 14.8. The summed E-state index contributed by atoms with van der Waals surface area (Å²) < 4.78 is 0.937. The number of nitrogens with one attached hydrogen (secondary N) is 3. The third-order valence-corrected chi connectivity index (χ3v) is 4.36. The summed E-state index contributed by atoms with van der Waals surface area (Å²) in [5, 5.41) is 14.0. The first-order valence-corrected chi connectivity index (χ1v) is 8.53. The van der Waals surface area contributed by atoms with Gasteiger partial charge in [-0.15, -0.1) is 0 Å². The van der Waals surface area contributed by atoms with Crippen LogP contribution in [0.1, 0.15) is 20.7 Å². The fourth-order valence-electron chi connectivity index (χ4n) is 3.02. The van der Waals surface area contributed by atoms with E-state index in [0.29, 0.717) is 11.3 Å². The van der Waals surface area contributed by atoms with Crippen LogP contribution in [0, 0.1) is 0 Å². The second-order valence-electron chi connectivity index (χ2n) is 6.19. The molecule has 2 aromatic carbocycles. The summed E-state index contributed by atoms with van der Waals surface area (Å²) in [6.45, 7) is 0. The molecule has 1 amide bonds. The lowest BCUT2D eigenvalue weighted by molar-refractivity contribution is 0.0698. The van der Waals surface area contributed by atoms with Gasteiger partial charge in [0.15, 0.2) is 5.65 Å². The number of aromatic carboxylic acids is 1. The van der Waals surface area contributed by atoms with Crippen molar-refractivity contribution in [2.75, 3.05) is 5.32 Å². The number of nitrogens with zero attached hydrogens (tertiary/aromatic N) is 1. The van der Waals surface area contributed by atoms with Crippen LogP contribution in [0.4, 0.5) is 5.69 Å². The van der Waals surface area contributed by atoms with Gasteiger partial charge in [0.2, 0.25) is 0 Å². The van der Waals surface area contributed by atoms with Gasteiger partial charge in [0.25, 0.3) is 17.0 Å². The van der Waals surface area contributed by atoms with E-state index in [9.17, 15) is 24.3 Å². The van der Waals surface area contributed by atoms with Crippen LogP contribution in [0.15, 0.2) is 70.3 Å². The van der Waals surface area contributed by atoms with Gasteiger partial charge in [0, 0.05) is 6.07 Å². The minimum atomic E-state index is -1.23. The predicted octanol–water partition coefficient (Wildman–Crippen LogP) is 1.93. The summed E-state index contributed by atoms with van der Waals surface area (Å²) in [6, 6.07) is 16.1. The van der Waals surface area contributed by atoms with Crippen LogP contribution >= 0.6 is 0 Å². The molecule has 0 saturated carbocycles. The number of hydrogen-bond donors (Lipinski definition) is 4. The number of aromatic amines is 2. The molecule has 2 heterocycles. The molecular formula is C20H14N4O5. The molecule has 9 nitrogen and oxygen atoms in total. The minimum absolute atomic E-state index is 0.0216. The molecule has 0 aliphatic rings. The molecule has 0 aliphatic carbocycles. The van der Waals surface area contributed by atoms with Crippen molar-refractivity contribution in [3.05, 3.63) is 92.5 Å². The maximum atomic E-state index is 12.8. The molecule has 0 bridgehead atoms. The van der Waals surface area contributed by atoms with Crippen molar-refractivity contribution in [1.82, 2.24) is 14.6 Å². The molecule has 2 aromatic heterocycles. The summed E-state index contributed by atoms with van der Waals surface area (Å²) in [5.74, 6) is -2.07.